The first-order valence-corrected chi connectivity index (χ1v) is 11.2. The highest BCUT2D eigenvalue weighted by molar-refractivity contribution is 7.92. The number of carbonyl (C=O) groups is 1. The molecule has 2 N–H and O–H groups in total. The van der Waals surface area contributed by atoms with Gasteiger partial charge in [0.2, 0.25) is 0 Å². The summed E-state index contributed by atoms with van der Waals surface area (Å²) in [6.45, 7) is 5.73. The first-order valence-electron chi connectivity index (χ1n) is 9.71. The van der Waals surface area contributed by atoms with Crippen molar-refractivity contribution in [2.45, 2.75) is 37.6 Å². The van der Waals surface area contributed by atoms with E-state index in [-0.39, 0.29) is 10.8 Å². The molecule has 0 aliphatic carbocycles. The van der Waals surface area contributed by atoms with Crippen molar-refractivity contribution in [2.24, 2.45) is 0 Å². The zero-order valence-corrected chi connectivity index (χ0v) is 18.2. The third kappa shape index (κ3) is 5.48. The van der Waals surface area contributed by atoms with Crippen LogP contribution in [0.3, 0.4) is 0 Å². The van der Waals surface area contributed by atoms with Crippen molar-refractivity contribution in [3.05, 3.63) is 95.6 Å². The molecule has 0 aromatic heterocycles. The molecule has 1 amide bonds. The molecule has 6 heteroatoms. The van der Waals surface area contributed by atoms with E-state index >= 15 is 0 Å². The Morgan fingerprint density at radius 3 is 2.10 bits per heavy atom. The van der Waals surface area contributed by atoms with Gasteiger partial charge in [-0.15, -0.1) is 0 Å². The standard InChI is InChI=1S/C24H26N2O3S/c1-18-16-20(23(27)25-24(2,3)17-19-10-6-4-7-11-19)14-15-22(18)26-30(28,29)21-12-8-5-9-13-21/h4-16,26H,17H2,1-3H3,(H,25,27). The topological polar surface area (TPSA) is 75.3 Å². The summed E-state index contributed by atoms with van der Waals surface area (Å²) in [4.78, 5) is 13.0. The number of sulfonamides is 1. The van der Waals surface area contributed by atoms with Crippen LogP contribution in [0, 0.1) is 6.92 Å². The number of carbonyl (C=O) groups excluding carboxylic acids is 1. The molecule has 3 aromatic carbocycles. The predicted molar refractivity (Wildman–Crippen MR) is 120 cm³/mol. The van der Waals surface area contributed by atoms with Gasteiger partial charge in [-0.1, -0.05) is 48.5 Å². The zero-order valence-electron chi connectivity index (χ0n) is 17.3. The molecule has 0 aliphatic rings. The average Bonchev–Trinajstić information content (AvgIpc) is 2.70. The summed E-state index contributed by atoms with van der Waals surface area (Å²) < 4.78 is 27.7. The summed E-state index contributed by atoms with van der Waals surface area (Å²) in [6.07, 6.45) is 0.702. The molecule has 0 radical (unpaired) electrons. The van der Waals surface area contributed by atoms with Crippen LogP contribution in [0.15, 0.2) is 83.8 Å². The molecule has 5 nitrogen and oxygen atoms in total. The van der Waals surface area contributed by atoms with Gasteiger partial charge in [0.15, 0.2) is 0 Å². The molecular weight excluding hydrogens is 396 g/mol. The molecule has 0 unspecified atom stereocenters. The summed E-state index contributed by atoms with van der Waals surface area (Å²) >= 11 is 0. The lowest BCUT2D eigenvalue weighted by Crippen LogP contribution is -2.45. The molecular formula is C24H26N2O3S. The quantitative estimate of drug-likeness (QED) is 0.587. The van der Waals surface area contributed by atoms with E-state index in [1.54, 1.807) is 43.3 Å². The Kier molecular flexibility index (Phi) is 6.27. The second-order valence-electron chi connectivity index (χ2n) is 7.95. The third-order valence-corrected chi connectivity index (χ3v) is 6.11. The molecule has 0 spiro atoms. The van der Waals surface area contributed by atoms with Gasteiger partial charge in [-0.3, -0.25) is 9.52 Å². The number of benzene rings is 3. The van der Waals surface area contributed by atoms with Crippen LogP contribution in [-0.2, 0) is 16.4 Å². The highest BCUT2D eigenvalue weighted by Gasteiger charge is 2.22. The van der Waals surface area contributed by atoms with Gasteiger partial charge in [-0.2, -0.15) is 0 Å². The van der Waals surface area contributed by atoms with E-state index in [4.69, 9.17) is 0 Å². The maximum absolute atomic E-state index is 12.8. The Balaban J connectivity index is 1.72. The van der Waals surface area contributed by atoms with Crippen LogP contribution in [0.4, 0.5) is 5.69 Å². The van der Waals surface area contributed by atoms with Crippen molar-refractivity contribution < 1.29 is 13.2 Å². The van der Waals surface area contributed by atoms with Crippen LogP contribution >= 0.6 is 0 Å². The fraction of sp³-hybridized carbons (Fsp3) is 0.208. The minimum absolute atomic E-state index is 0.189. The van der Waals surface area contributed by atoms with Crippen molar-refractivity contribution in [1.29, 1.82) is 0 Å². The Labute approximate surface area is 178 Å². The number of nitrogens with one attached hydrogen (secondary N) is 2. The Hall–Kier alpha value is -3.12. The monoisotopic (exact) mass is 422 g/mol. The average molecular weight is 423 g/mol. The minimum Gasteiger partial charge on any atom is -0.347 e. The van der Waals surface area contributed by atoms with Gasteiger partial charge < -0.3 is 5.32 Å². The van der Waals surface area contributed by atoms with Crippen molar-refractivity contribution in [1.82, 2.24) is 5.32 Å². The largest absolute Gasteiger partial charge is 0.347 e. The summed E-state index contributed by atoms with van der Waals surface area (Å²) in [6, 6.07) is 23.1. The molecule has 3 rings (SSSR count). The van der Waals surface area contributed by atoms with E-state index in [0.717, 1.165) is 5.56 Å². The van der Waals surface area contributed by atoms with Crippen molar-refractivity contribution in [3.63, 3.8) is 0 Å². The highest BCUT2D eigenvalue weighted by atomic mass is 32.2. The van der Waals surface area contributed by atoms with Gasteiger partial charge >= 0.3 is 0 Å². The van der Waals surface area contributed by atoms with E-state index in [1.165, 1.54) is 12.1 Å². The SMILES string of the molecule is Cc1cc(C(=O)NC(C)(C)Cc2ccccc2)ccc1NS(=O)(=O)c1ccccc1. The van der Waals surface area contributed by atoms with Crippen molar-refractivity contribution in [2.75, 3.05) is 4.72 Å². The molecule has 0 saturated heterocycles. The van der Waals surface area contributed by atoms with Crippen LogP contribution < -0.4 is 10.0 Å². The lowest BCUT2D eigenvalue weighted by Gasteiger charge is -2.26. The minimum atomic E-state index is -3.68. The fourth-order valence-corrected chi connectivity index (χ4v) is 4.40. The number of rotatable bonds is 7. The normalized spacial score (nSPS) is 11.7. The Morgan fingerprint density at radius 1 is 0.900 bits per heavy atom. The van der Waals surface area contributed by atoms with E-state index in [9.17, 15) is 13.2 Å². The number of hydrogen-bond donors (Lipinski definition) is 2. The summed E-state index contributed by atoms with van der Waals surface area (Å²) in [7, 11) is -3.68. The fourth-order valence-electron chi connectivity index (χ4n) is 3.25. The molecule has 0 heterocycles. The van der Waals surface area contributed by atoms with Gasteiger partial charge in [0.05, 0.1) is 10.6 Å². The molecule has 3 aromatic rings. The van der Waals surface area contributed by atoms with Crippen LogP contribution in [0.1, 0.15) is 35.3 Å². The van der Waals surface area contributed by atoms with Crippen LogP contribution in [-0.4, -0.2) is 19.9 Å². The molecule has 0 aliphatic heterocycles. The van der Waals surface area contributed by atoms with E-state index in [0.29, 0.717) is 23.2 Å². The lowest BCUT2D eigenvalue weighted by atomic mass is 9.94. The van der Waals surface area contributed by atoms with E-state index in [2.05, 4.69) is 10.0 Å². The van der Waals surface area contributed by atoms with E-state index < -0.39 is 15.6 Å². The van der Waals surface area contributed by atoms with Crippen molar-refractivity contribution >= 4 is 21.6 Å². The third-order valence-electron chi connectivity index (χ3n) is 4.73. The first kappa shape index (κ1) is 21.6. The lowest BCUT2D eigenvalue weighted by molar-refractivity contribution is 0.0913. The van der Waals surface area contributed by atoms with Gasteiger partial charge in [0, 0.05) is 11.1 Å². The predicted octanol–water partition coefficient (Wildman–Crippen LogP) is 4.55. The maximum atomic E-state index is 12.8. The summed E-state index contributed by atoms with van der Waals surface area (Å²) in [5.41, 5.74) is 2.31. The maximum Gasteiger partial charge on any atom is 0.261 e. The highest BCUT2D eigenvalue weighted by Crippen LogP contribution is 2.22. The molecule has 30 heavy (non-hydrogen) atoms. The Bertz CT molecular complexity index is 1130. The number of anilines is 1. The number of aryl methyl sites for hydroxylation is 1. The first-order chi connectivity index (χ1) is 14.2. The van der Waals surface area contributed by atoms with E-state index in [1.807, 2.05) is 44.2 Å². The molecule has 0 fully saturated rings. The van der Waals surface area contributed by atoms with Crippen LogP contribution in [0.2, 0.25) is 0 Å². The Morgan fingerprint density at radius 2 is 1.50 bits per heavy atom. The molecule has 156 valence electrons. The van der Waals surface area contributed by atoms with Gasteiger partial charge in [0.25, 0.3) is 15.9 Å². The van der Waals surface area contributed by atoms with Gasteiger partial charge in [0.1, 0.15) is 0 Å². The molecule has 0 bridgehead atoms. The van der Waals surface area contributed by atoms with Crippen molar-refractivity contribution in [3.8, 4) is 0 Å². The summed E-state index contributed by atoms with van der Waals surface area (Å²) in [5, 5.41) is 3.06. The van der Waals surface area contributed by atoms with Gasteiger partial charge in [-0.25, -0.2) is 8.42 Å². The second kappa shape index (κ2) is 8.71. The second-order valence-corrected chi connectivity index (χ2v) is 9.63. The number of hydrogen-bond acceptors (Lipinski definition) is 3. The zero-order chi connectivity index (χ0) is 21.8. The summed E-state index contributed by atoms with van der Waals surface area (Å²) in [5.74, 6) is -0.198. The smallest absolute Gasteiger partial charge is 0.261 e. The van der Waals surface area contributed by atoms with Gasteiger partial charge in [-0.05, 0) is 68.7 Å². The van der Waals surface area contributed by atoms with Crippen LogP contribution in [0.25, 0.3) is 0 Å². The molecule has 0 atom stereocenters. The van der Waals surface area contributed by atoms with Crippen LogP contribution in [0.5, 0.6) is 0 Å². The molecule has 0 saturated carbocycles. The number of amides is 1.